The highest BCUT2D eigenvalue weighted by atomic mass is 35.5. The largest absolute Gasteiger partial charge is 0.437 e. The Labute approximate surface area is 165 Å². The molecule has 6 nitrogen and oxygen atoms in total. The second-order valence-corrected chi connectivity index (χ2v) is 7.29. The Morgan fingerprint density at radius 3 is 2.85 bits per heavy atom. The van der Waals surface area contributed by atoms with E-state index in [2.05, 4.69) is 21.8 Å². The molecular weight excluding hydrogens is 364 g/mol. The molecule has 27 heavy (non-hydrogen) atoms. The molecule has 3 rings (SSSR count). The molecule has 0 spiro atoms. The highest BCUT2D eigenvalue weighted by molar-refractivity contribution is 6.32. The van der Waals surface area contributed by atoms with Crippen molar-refractivity contribution >= 4 is 23.3 Å². The number of nitrogens with zero attached hydrogens (tertiary/aromatic N) is 4. The van der Waals surface area contributed by atoms with Crippen LogP contribution in [0.2, 0.25) is 5.02 Å². The zero-order valence-corrected chi connectivity index (χ0v) is 16.7. The van der Waals surface area contributed by atoms with Gasteiger partial charge in [0.05, 0.1) is 5.02 Å². The average Bonchev–Trinajstić information content (AvgIpc) is 2.65. The van der Waals surface area contributed by atoms with E-state index in [0.717, 1.165) is 30.9 Å². The van der Waals surface area contributed by atoms with E-state index in [-0.39, 0.29) is 11.9 Å². The van der Waals surface area contributed by atoms with E-state index in [9.17, 15) is 4.79 Å². The first kappa shape index (κ1) is 19.4. The van der Waals surface area contributed by atoms with Crippen molar-refractivity contribution in [1.82, 2.24) is 14.9 Å². The SMILES string of the molecule is CCCC(=O)N1CCN(c2cc(Oc3cc(C)ccc3Cl)ncn2)C[C@H]1C. The quantitative estimate of drug-likeness (QED) is 0.772. The Morgan fingerprint density at radius 2 is 2.11 bits per heavy atom. The first-order valence-electron chi connectivity index (χ1n) is 9.28. The van der Waals surface area contributed by atoms with Crippen molar-refractivity contribution in [2.75, 3.05) is 24.5 Å². The second-order valence-electron chi connectivity index (χ2n) is 6.88. The molecule has 144 valence electrons. The Morgan fingerprint density at radius 1 is 1.30 bits per heavy atom. The minimum Gasteiger partial charge on any atom is -0.437 e. The number of hydrogen-bond donors (Lipinski definition) is 0. The van der Waals surface area contributed by atoms with Crippen LogP contribution in [-0.4, -0.2) is 46.5 Å². The number of ether oxygens (including phenoxy) is 1. The van der Waals surface area contributed by atoms with Crippen molar-refractivity contribution in [1.29, 1.82) is 0 Å². The molecule has 0 bridgehead atoms. The van der Waals surface area contributed by atoms with Crippen LogP contribution in [0.4, 0.5) is 5.82 Å². The Bertz CT molecular complexity index is 814. The summed E-state index contributed by atoms with van der Waals surface area (Å²) in [6, 6.07) is 7.58. The van der Waals surface area contributed by atoms with Gasteiger partial charge < -0.3 is 14.5 Å². The summed E-state index contributed by atoms with van der Waals surface area (Å²) in [6.45, 7) is 8.25. The molecule has 0 N–H and O–H groups in total. The average molecular weight is 389 g/mol. The predicted octanol–water partition coefficient (Wildman–Crippen LogP) is 4.07. The molecule has 0 aliphatic carbocycles. The third kappa shape index (κ3) is 4.69. The molecule has 1 amide bonds. The number of benzene rings is 1. The molecular formula is C20H25ClN4O2. The Hall–Kier alpha value is -2.34. The number of carbonyl (C=O) groups excluding carboxylic acids is 1. The zero-order valence-electron chi connectivity index (χ0n) is 16.0. The number of carbonyl (C=O) groups is 1. The van der Waals surface area contributed by atoms with Gasteiger partial charge >= 0.3 is 0 Å². The third-order valence-corrected chi connectivity index (χ3v) is 4.98. The summed E-state index contributed by atoms with van der Waals surface area (Å²) in [6.07, 6.45) is 2.97. The lowest BCUT2D eigenvalue weighted by atomic mass is 10.1. The van der Waals surface area contributed by atoms with Crippen LogP contribution in [-0.2, 0) is 4.79 Å². The molecule has 1 aromatic heterocycles. The topological polar surface area (TPSA) is 58.6 Å². The molecule has 2 heterocycles. The van der Waals surface area contributed by atoms with Crippen molar-refractivity contribution in [2.45, 2.75) is 39.7 Å². The summed E-state index contributed by atoms with van der Waals surface area (Å²) < 4.78 is 5.87. The van der Waals surface area contributed by atoms with Crippen LogP contribution < -0.4 is 9.64 Å². The highest BCUT2D eigenvalue weighted by Gasteiger charge is 2.27. The van der Waals surface area contributed by atoms with Gasteiger partial charge in [-0.25, -0.2) is 9.97 Å². The first-order valence-corrected chi connectivity index (χ1v) is 9.66. The van der Waals surface area contributed by atoms with Crippen LogP contribution >= 0.6 is 11.6 Å². The van der Waals surface area contributed by atoms with Crippen LogP contribution in [0.15, 0.2) is 30.6 Å². The second kappa shape index (κ2) is 8.57. The smallest absolute Gasteiger partial charge is 0.224 e. The van der Waals surface area contributed by atoms with Gasteiger partial charge in [-0.1, -0.05) is 24.6 Å². The molecule has 1 aliphatic rings. The molecule has 0 saturated carbocycles. The fourth-order valence-electron chi connectivity index (χ4n) is 3.25. The van der Waals surface area contributed by atoms with Crippen LogP contribution in [0.25, 0.3) is 0 Å². The summed E-state index contributed by atoms with van der Waals surface area (Å²) in [5, 5.41) is 0.539. The third-order valence-electron chi connectivity index (χ3n) is 4.66. The van der Waals surface area contributed by atoms with Gasteiger partial charge in [0, 0.05) is 38.2 Å². The Kier molecular flexibility index (Phi) is 6.16. The molecule has 1 saturated heterocycles. The number of amides is 1. The summed E-state index contributed by atoms with van der Waals surface area (Å²) >= 11 is 6.21. The van der Waals surface area contributed by atoms with Gasteiger partial charge in [-0.15, -0.1) is 0 Å². The maximum Gasteiger partial charge on any atom is 0.224 e. The van der Waals surface area contributed by atoms with Gasteiger partial charge in [-0.05, 0) is 38.0 Å². The van der Waals surface area contributed by atoms with Crippen LogP contribution in [0.5, 0.6) is 11.6 Å². The van der Waals surface area contributed by atoms with Gasteiger partial charge in [0.2, 0.25) is 11.8 Å². The van der Waals surface area contributed by atoms with E-state index in [4.69, 9.17) is 16.3 Å². The van der Waals surface area contributed by atoms with E-state index < -0.39 is 0 Å². The molecule has 0 unspecified atom stereocenters. The van der Waals surface area contributed by atoms with Crippen molar-refractivity contribution in [3.8, 4) is 11.6 Å². The molecule has 7 heteroatoms. The predicted molar refractivity (Wildman–Crippen MR) is 107 cm³/mol. The Balaban J connectivity index is 1.71. The van der Waals surface area contributed by atoms with Crippen LogP contribution in [0.3, 0.4) is 0 Å². The van der Waals surface area contributed by atoms with Crippen molar-refractivity contribution in [3.63, 3.8) is 0 Å². The van der Waals surface area contributed by atoms with Gasteiger partial charge in [-0.3, -0.25) is 4.79 Å². The lowest BCUT2D eigenvalue weighted by Crippen LogP contribution is -2.54. The molecule has 2 aromatic rings. The minimum absolute atomic E-state index is 0.142. The van der Waals surface area contributed by atoms with E-state index in [0.29, 0.717) is 29.6 Å². The number of aryl methyl sites for hydroxylation is 1. The summed E-state index contributed by atoms with van der Waals surface area (Å²) in [5.74, 6) is 2.04. The number of hydrogen-bond acceptors (Lipinski definition) is 5. The van der Waals surface area contributed by atoms with E-state index in [1.165, 1.54) is 6.33 Å². The van der Waals surface area contributed by atoms with Crippen molar-refractivity contribution < 1.29 is 9.53 Å². The lowest BCUT2D eigenvalue weighted by Gasteiger charge is -2.40. The van der Waals surface area contributed by atoms with Crippen LogP contribution in [0, 0.1) is 6.92 Å². The summed E-state index contributed by atoms with van der Waals surface area (Å²) in [7, 11) is 0. The van der Waals surface area contributed by atoms with Gasteiger partial charge in [0.1, 0.15) is 17.9 Å². The van der Waals surface area contributed by atoms with E-state index in [1.807, 2.05) is 43.0 Å². The van der Waals surface area contributed by atoms with Crippen molar-refractivity contribution in [2.24, 2.45) is 0 Å². The maximum absolute atomic E-state index is 12.2. The molecule has 1 atom stereocenters. The summed E-state index contributed by atoms with van der Waals surface area (Å²) in [5.41, 5.74) is 1.06. The molecule has 1 aromatic carbocycles. The number of aromatic nitrogens is 2. The van der Waals surface area contributed by atoms with Crippen molar-refractivity contribution in [3.05, 3.63) is 41.2 Å². The normalized spacial score (nSPS) is 17.1. The standard InChI is InChI=1S/C20H25ClN4O2/c1-4-5-20(26)25-9-8-24(12-15(25)3)18-11-19(23-13-22-18)27-17-10-14(2)6-7-16(17)21/h6-7,10-11,13,15H,4-5,8-9,12H2,1-3H3/t15-/m1/s1. The maximum atomic E-state index is 12.2. The fourth-order valence-corrected chi connectivity index (χ4v) is 3.41. The number of rotatable bonds is 5. The highest BCUT2D eigenvalue weighted by Crippen LogP contribution is 2.30. The first-order chi connectivity index (χ1) is 13.0. The number of halogens is 1. The zero-order chi connectivity index (χ0) is 19.4. The van der Waals surface area contributed by atoms with Gasteiger partial charge in [0.25, 0.3) is 0 Å². The number of anilines is 1. The van der Waals surface area contributed by atoms with Crippen LogP contribution in [0.1, 0.15) is 32.3 Å². The molecule has 0 radical (unpaired) electrons. The molecule has 1 aliphatic heterocycles. The van der Waals surface area contributed by atoms with Gasteiger partial charge in [0.15, 0.2) is 0 Å². The fraction of sp³-hybridized carbons (Fsp3) is 0.450. The molecule has 1 fully saturated rings. The number of piperazine rings is 1. The monoisotopic (exact) mass is 388 g/mol. The van der Waals surface area contributed by atoms with E-state index in [1.54, 1.807) is 0 Å². The summed E-state index contributed by atoms with van der Waals surface area (Å²) in [4.78, 5) is 24.9. The minimum atomic E-state index is 0.142. The lowest BCUT2D eigenvalue weighted by molar-refractivity contribution is -0.133. The van der Waals surface area contributed by atoms with E-state index >= 15 is 0 Å². The van der Waals surface area contributed by atoms with Gasteiger partial charge in [-0.2, -0.15) is 0 Å².